The second-order valence-electron chi connectivity index (χ2n) is 13.2. The van der Waals surface area contributed by atoms with Gasteiger partial charge >= 0.3 is 155 Å². The van der Waals surface area contributed by atoms with Crippen LogP contribution in [0.5, 0.6) is 0 Å². The molecule has 0 nitrogen and oxygen atoms in total. The average molecular weight is 440 g/mol. The number of rotatable bonds is 2. The molecule has 0 amide bonds. The summed E-state index contributed by atoms with van der Waals surface area (Å²) in [5.41, 5.74) is 9.06. The van der Waals surface area contributed by atoms with Crippen molar-refractivity contribution in [3.63, 3.8) is 0 Å². The predicted molar refractivity (Wildman–Crippen MR) is 118 cm³/mol. The van der Waals surface area contributed by atoms with E-state index in [0.29, 0.717) is 7.25 Å². The van der Waals surface area contributed by atoms with Crippen LogP contribution in [0, 0.1) is 0 Å². The molecule has 26 heavy (non-hydrogen) atoms. The fraction of sp³-hybridized carbons (Fsp3) is 0.333. The van der Waals surface area contributed by atoms with Crippen LogP contribution in [0.3, 0.4) is 0 Å². The molecular formula is C24H32SiZr. The Kier molecular flexibility index (Phi) is 3.08. The molecule has 0 saturated heterocycles. The Morgan fingerprint density at radius 1 is 0.654 bits per heavy atom. The van der Waals surface area contributed by atoms with Crippen molar-refractivity contribution in [2.24, 2.45) is 0 Å². The summed E-state index contributed by atoms with van der Waals surface area (Å²) in [5, 5.41) is 0. The van der Waals surface area contributed by atoms with Crippen molar-refractivity contribution >= 4 is 19.0 Å². The van der Waals surface area contributed by atoms with Gasteiger partial charge in [-0.05, 0) is 0 Å². The molecular weight excluding hydrogens is 408 g/mol. The molecule has 0 aliphatic heterocycles. The van der Waals surface area contributed by atoms with E-state index in [-0.39, 0.29) is 0 Å². The summed E-state index contributed by atoms with van der Waals surface area (Å²) in [5.74, 6) is 0. The second-order valence-corrected chi connectivity index (χ2v) is 73.5. The third-order valence-electron chi connectivity index (χ3n) is 7.34. The van der Waals surface area contributed by atoms with Gasteiger partial charge in [-0.1, -0.05) is 0 Å². The van der Waals surface area contributed by atoms with E-state index in [0.717, 1.165) is 0 Å². The molecule has 2 aromatic carbocycles. The minimum atomic E-state index is -4.35. The molecule has 0 spiro atoms. The Morgan fingerprint density at radius 3 is 1.38 bits per heavy atom. The first-order chi connectivity index (χ1) is 11.7. The normalized spacial score (nSPS) is 25.8. The van der Waals surface area contributed by atoms with E-state index in [1.165, 1.54) is 11.1 Å². The third kappa shape index (κ3) is 2.34. The molecule has 0 bridgehead atoms. The monoisotopic (exact) mass is 438 g/mol. The first-order valence-corrected chi connectivity index (χ1v) is 28.5. The third-order valence-corrected chi connectivity index (χ3v) is 30.9. The summed E-state index contributed by atoms with van der Waals surface area (Å²) in [6, 6.07) is 18.2. The topological polar surface area (TPSA) is 0 Å². The van der Waals surface area contributed by atoms with Gasteiger partial charge in [-0.15, -0.1) is 0 Å². The van der Waals surface area contributed by atoms with Gasteiger partial charge in [-0.25, -0.2) is 0 Å². The van der Waals surface area contributed by atoms with E-state index in [9.17, 15) is 0 Å². The van der Waals surface area contributed by atoms with E-state index in [2.05, 4.69) is 99.9 Å². The number of fused-ring (bicyclic) bond motifs is 2. The fourth-order valence-electron chi connectivity index (χ4n) is 7.17. The number of benzene rings is 2. The van der Waals surface area contributed by atoms with Crippen molar-refractivity contribution in [2.45, 2.75) is 39.6 Å². The molecule has 0 radical (unpaired) electrons. The van der Waals surface area contributed by atoms with Crippen LogP contribution in [0.2, 0.25) is 18.5 Å². The average Bonchev–Trinajstić information content (AvgIpc) is 3.02. The van der Waals surface area contributed by atoms with Crippen molar-refractivity contribution in [2.75, 3.05) is 0 Å². The SMILES string of the molecule is CC1=Cc2ccccc2[CH]1[Zr]([CH3])([CH3])([CH3])([CH3])(=[SiH2])[CH]1C(C)=Cc2ccccc21. The molecule has 136 valence electrons. The summed E-state index contributed by atoms with van der Waals surface area (Å²) < 4.78 is 11.9. The molecule has 2 unspecified atom stereocenters. The van der Waals surface area contributed by atoms with Crippen molar-refractivity contribution < 1.29 is 14.4 Å². The van der Waals surface area contributed by atoms with Gasteiger partial charge < -0.3 is 0 Å². The van der Waals surface area contributed by atoms with Gasteiger partial charge in [0, 0.05) is 0 Å². The molecule has 2 heteroatoms. The number of allylic oxidation sites excluding steroid dienone is 2. The van der Waals surface area contributed by atoms with Gasteiger partial charge in [0.1, 0.15) is 0 Å². The fourth-order valence-corrected chi connectivity index (χ4v) is 36.0. The van der Waals surface area contributed by atoms with Crippen LogP contribution in [0.25, 0.3) is 12.2 Å². The van der Waals surface area contributed by atoms with Crippen LogP contribution < -0.4 is 0 Å². The molecule has 2 aliphatic carbocycles. The molecule has 2 aliphatic rings. The standard InChI is InChI=1S/2C10H9.4CH3.H2Si.Zr/c2*1-8-6-9-4-2-3-5-10(9)7-8;;;;;;/h2*2-7H,1H3;4*1H3;1H2;. The van der Waals surface area contributed by atoms with E-state index in [1.807, 2.05) is 0 Å². The summed E-state index contributed by atoms with van der Waals surface area (Å²) in [6.07, 6.45) is 4.89. The van der Waals surface area contributed by atoms with Gasteiger partial charge in [-0.2, -0.15) is 0 Å². The summed E-state index contributed by atoms with van der Waals surface area (Å²) in [6.45, 7) is 7.14. The summed E-state index contributed by atoms with van der Waals surface area (Å²) >= 11 is -4.35. The molecule has 2 atom stereocenters. The van der Waals surface area contributed by atoms with Gasteiger partial charge in [0.2, 0.25) is 0 Å². The molecule has 0 aromatic heterocycles. The molecule has 0 saturated carbocycles. The Hall–Kier alpha value is -0.980. The van der Waals surface area contributed by atoms with Crippen LogP contribution in [0.15, 0.2) is 59.7 Å². The summed E-state index contributed by atoms with van der Waals surface area (Å²) in [7, 11) is 0. The minimum absolute atomic E-state index is 0.529. The quantitative estimate of drug-likeness (QED) is 0.451. The van der Waals surface area contributed by atoms with E-state index < -0.39 is 14.4 Å². The van der Waals surface area contributed by atoms with E-state index in [4.69, 9.17) is 0 Å². The number of hydrogen-bond acceptors (Lipinski definition) is 0. The Labute approximate surface area is 154 Å². The summed E-state index contributed by atoms with van der Waals surface area (Å²) in [4.78, 5) is 0. The van der Waals surface area contributed by atoms with E-state index in [1.54, 1.807) is 22.3 Å². The van der Waals surface area contributed by atoms with Crippen molar-refractivity contribution in [1.29, 1.82) is 0 Å². The van der Waals surface area contributed by atoms with Crippen molar-refractivity contribution in [3.05, 3.63) is 81.9 Å². The van der Waals surface area contributed by atoms with Crippen LogP contribution in [0.4, 0.5) is 0 Å². The molecule has 4 rings (SSSR count). The Balaban J connectivity index is 2.10. The zero-order valence-corrected chi connectivity index (χ0v) is 21.0. The predicted octanol–water partition coefficient (Wildman–Crippen LogP) is 6.80. The zero-order chi connectivity index (χ0) is 19.1. The first kappa shape index (κ1) is 18.4. The van der Waals surface area contributed by atoms with Crippen LogP contribution in [0.1, 0.15) is 43.4 Å². The maximum atomic E-state index is 2.71. The second kappa shape index (κ2) is 4.36. The van der Waals surface area contributed by atoms with Crippen LogP contribution >= 0.6 is 0 Å². The van der Waals surface area contributed by atoms with Crippen LogP contribution in [-0.2, 0) is 14.4 Å². The van der Waals surface area contributed by atoms with Gasteiger partial charge in [0.15, 0.2) is 0 Å². The van der Waals surface area contributed by atoms with Crippen molar-refractivity contribution in [1.82, 2.24) is 0 Å². The van der Waals surface area contributed by atoms with Gasteiger partial charge in [0.25, 0.3) is 0 Å². The maximum absolute atomic E-state index is 4.35. The first-order valence-electron chi connectivity index (χ1n) is 9.90. The Bertz CT molecular complexity index is 1060. The molecule has 0 fully saturated rings. The van der Waals surface area contributed by atoms with E-state index >= 15 is 0 Å². The molecule has 0 heterocycles. The van der Waals surface area contributed by atoms with Gasteiger partial charge in [-0.3, -0.25) is 0 Å². The van der Waals surface area contributed by atoms with Crippen molar-refractivity contribution in [3.8, 4) is 0 Å². The Morgan fingerprint density at radius 2 is 1.00 bits per heavy atom. The molecule has 0 N–H and O–H groups in total. The number of hydrogen-bond donors (Lipinski definition) is 0. The zero-order valence-electron chi connectivity index (χ0n) is 17.1. The molecule has 2 aromatic rings. The van der Waals surface area contributed by atoms with Gasteiger partial charge in [0.05, 0.1) is 0 Å². The van der Waals surface area contributed by atoms with Crippen LogP contribution in [-0.4, -0.2) is 6.88 Å².